The first-order chi connectivity index (χ1) is 9.22. The van der Waals surface area contributed by atoms with E-state index in [1.165, 1.54) is 4.70 Å². The number of benzene rings is 2. The predicted molar refractivity (Wildman–Crippen MR) is 86.1 cm³/mol. The standard InChI is InChI=1S/C14H10BrClN2S/c15-10-6-5-9(16)7-12(10)17-8-14-18-11-3-1-2-4-13(11)19-14/h1-7,17H,8H2. The summed E-state index contributed by atoms with van der Waals surface area (Å²) in [5, 5.41) is 5.13. The number of thiazole rings is 1. The maximum Gasteiger partial charge on any atom is 0.113 e. The van der Waals surface area contributed by atoms with Crippen LogP contribution in [0.25, 0.3) is 10.2 Å². The molecule has 1 heterocycles. The Bertz CT molecular complexity index is 693. The topological polar surface area (TPSA) is 24.9 Å². The minimum Gasteiger partial charge on any atom is -0.378 e. The van der Waals surface area contributed by atoms with Gasteiger partial charge in [0.05, 0.1) is 22.4 Å². The molecule has 0 amide bonds. The van der Waals surface area contributed by atoms with Crippen molar-refractivity contribution in [2.45, 2.75) is 6.54 Å². The summed E-state index contributed by atoms with van der Waals surface area (Å²) in [5.74, 6) is 0. The third-order valence-corrected chi connectivity index (χ3v) is 4.66. The molecule has 0 aliphatic heterocycles. The molecule has 0 aliphatic rings. The summed E-state index contributed by atoms with van der Waals surface area (Å²) < 4.78 is 2.21. The van der Waals surface area contributed by atoms with Crippen molar-refractivity contribution in [3.05, 3.63) is 57.0 Å². The number of para-hydroxylation sites is 1. The molecule has 3 rings (SSSR count). The zero-order valence-electron chi connectivity index (χ0n) is 9.86. The van der Waals surface area contributed by atoms with Crippen molar-refractivity contribution < 1.29 is 0 Å². The molecule has 0 unspecified atom stereocenters. The Balaban J connectivity index is 1.80. The van der Waals surface area contributed by atoms with Crippen LogP contribution in [0.4, 0.5) is 5.69 Å². The summed E-state index contributed by atoms with van der Waals surface area (Å²) in [6.07, 6.45) is 0. The SMILES string of the molecule is Clc1ccc(Br)c(NCc2nc3ccccc3s2)c1. The zero-order valence-corrected chi connectivity index (χ0v) is 13.0. The summed E-state index contributed by atoms with van der Waals surface area (Å²) in [4.78, 5) is 4.59. The molecular formula is C14H10BrClN2S. The van der Waals surface area contributed by atoms with Crippen LogP contribution in [-0.4, -0.2) is 4.98 Å². The van der Waals surface area contributed by atoms with Crippen molar-refractivity contribution >= 4 is 54.8 Å². The average Bonchev–Trinajstić information content (AvgIpc) is 2.82. The van der Waals surface area contributed by atoms with E-state index < -0.39 is 0 Å². The van der Waals surface area contributed by atoms with Crippen LogP contribution in [0.5, 0.6) is 0 Å². The van der Waals surface area contributed by atoms with Crippen LogP contribution in [0.1, 0.15) is 5.01 Å². The highest BCUT2D eigenvalue weighted by atomic mass is 79.9. The number of rotatable bonds is 3. The molecule has 0 fully saturated rings. The molecule has 0 spiro atoms. The maximum atomic E-state index is 5.99. The molecule has 0 bridgehead atoms. The summed E-state index contributed by atoms with van der Waals surface area (Å²) in [5.41, 5.74) is 2.03. The number of fused-ring (bicyclic) bond motifs is 1. The van der Waals surface area contributed by atoms with Gasteiger partial charge < -0.3 is 5.32 Å². The second-order valence-corrected chi connectivity index (χ2v) is 6.46. The van der Waals surface area contributed by atoms with Gasteiger partial charge in [0.1, 0.15) is 5.01 Å². The summed E-state index contributed by atoms with van der Waals surface area (Å²) in [7, 11) is 0. The van der Waals surface area contributed by atoms with Crippen molar-refractivity contribution in [3.8, 4) is 0 Å². The normalized spacial score (nSPS) is 10.8. The molecule has 2 nitrogen and oxygen atoms in total. The van der Waals surface area contributed by atoms with E-state index >= 15 is 0 Å². The third kappa shape index (κ3) is 2.91. The lowest BCUT2D eigenvalue weighted by Crippen LogP contribution is -1.99. The highest BCUT2D eigenvalue weighted by Crippen LogP contribution is 2.27. The molecule has 0 saturated heterocycles. The number of hydrogen-bond acceptors (Lipinski definition) is 3. The Hall–Kier alpha value is -1.10. The first-order valence-corrected chi connectivity index (χ1v) is 7.74. The highest BCUT2D eigenvalue weighted by molar-refractivity contribution is 9.10. The number of anilines is 1. The summed E-state index contributed by atoms with van der Waals surface area (Å²) in [6.45, 7) is 0.693. The Labute approximate surface area is 128 Å². The Morgan fingerprint density at radius 3 is 2.89 bits per heavy atom. The molecule has 0 radical (unpaired) electrons. The molecule has 1 aromatic heterocycles. The number of hydrogen-bond donors (Lipinski definition) is 1. The zero-order chi connectivity index (χ0) is 13.2. The van der Waals surface area contributed by atoms with Gasteiger partial charge in [-0.15, -0.1) is 11.3 Å². The summed E-state index contributed by atoms with van der Waals surface area (Å²) >= 11 is 11.2. The summed E-state index contributed by atoms with van der Waals surface area (Å²) in [6, 6.07) is 13.9. The van der Waals surface area contributed by atoms with Gasteiger partial charge >= 0.3 is 0 Å². The van der Waals surface area contributed by atoms with Crippen LogP contribution in [0.15, 0.2) is 46.9 Å². The second kappa shape index (κ2) is 5.49. The van der Waals surface area contributed by atoms with Crippen molar-refractivity contribution in [3.63, 3.8) is 0 Å². The van der Waals surface area contributed by atoms with Crippen molar-refractivity contribution in [1.82, 2.24) is 4.98 Å². The monoisotopic (exact) mass is 352 g/mol. The average molecular weight is 354 g/mol. The van der Waals surface area contributed by atoms with Gasteiger partial charge in [-0.2, -0.15) is 0 Å². The molecule has 2 aromatic carbocycles. The number of aromatic nitrogens is 1. The van der Waals surface area contributed by atoms with E-state index in [-0.39, 0.29) is 0 Å². The molecule has 0 aliphatic carbocycles. The molecule has 1 N–H and O–H groups in total. The van der Waals surface area contributed by atoms with Gasteiger partial charge in [0.15, 0.2) is 0 Å². The number of halogens is 2. The van der Waals surface area contributed by atoms with E-state index in [4.69, 9.17) is 11.6 Å². The van der Waals surface area contributed by atoms with Gasteiger partial charge in [-0.25, -0.2) is 4.98 Å². The lowest BCUT2D eigenvalue weighted by Gasteiger charge is -2.07. The van der Waals surface area contributed by atoms with Crippen molar-refractivity contribution in [2.75, 3.05) is 5.32 Å². The minimum atomic E-state index is 0.693. The quantitative estimate of drug-likeness (QED) is 0.689. The first-order valence-electron chi connectivity index (χ1n) is 5.76. The van der Waals surface area contributed by atoms with Gasteiger partial charge in [-0.3, -0.25) is 0 Å². The van der Waals surface area contributed by atoms with Gasteiger partial charge in [-0.1, -0.05) is 23.7 Å². The van der Waals surface area contributed by atoms with Gasteiger partial charge in [0.2, 0.25) is 0 Å². The van der Waals surface area contributed by atoms with Crippen LogP contribution in [-0.2, 0) is 6.54 Å². The molecule has 0 saturated carbocycles. The third-order valence-electron chi connectivity index (χ3n) is 2.70. The Morgan fingerprint density at radius 1 is 1.21 bits per heavy atom. The van der Waals surface area contributed by atoms with Crippen LogP contribution < -0.4 is 5.32 Å². The van der Waals surface area contributed by atoms with Crippen LogP contribution in [0, 0.1) is 0 Å². The van der Waals surface area contributed by atoms with E-state index in [0.29, 0.717) is 6.54 Å². The van der Waals surface area contributed by atoms with Crippen molar-refractivity contribution in [2.24, 2.45) is 0 Å². The van der Waals surface area contributed by atoms with Crippen LogP contribution in [0.2, 0.25) is 5.02 Å². The van der Waals surface area contributed by atoms with Crippen molar-refractivity contribution in [1.29, 1.82) is 0 Å². The molecule has 5 heteroatoms. The molecular weight excluding hydrogens is 344 g/mol. The fraction of sp³-hybridized carbons (Fsp3) is 0.0714. The van der Waals surface area contributed by atoms with E-state index in [0.717, 1.165) is 25.7 Å². The number of nitrogens with zero attached hydrogens (tertiary/aromatic N) is 1. The molecule has 3 aromatic rings. The van der Waals surface area contributed by atoms with Gasteiger partial charge in [0, 0.05) is 9.50 Å². The van der Waals surface area contributed by atoms with E-state index in [1.54, 1.807) is 11.3 Å². The van der Waals surface area contributed by atoms with E-state index in [2.05, 4.69) is 32.3 Å². The van der Waals surface area contributed by atoms with E-state index in [1.807, 2.05) is 36.4 Å². The molecule has 96 valence electrons. The molecule has 0 atom stereocenters. The maximum absolute atomic E-state index is 5.99. The Kier molecular flexibility index (Phi) is 3.73. The minimum absolute atomic E-state index is 0.693. The largest absolute Gasteiger partial charge is 0.378 e. The Morgan fingerprint density at radius 2 is 2.05 bits per heavy atom. The second-order valence-electron chi connectivity index (χ2n) is 4.05. The van der Waals surface area contributed by atoms with Crippen LogP contribution in [0.3, 0.4) is 0 Å². The predicted octanol–water partition coefficient (Wildman–Crippen LogP) is 5.32. The first kappa shape index (κ1) is 12.9. The fourth-order valence-electron chi connectivity index (χ4n) is 1.80. The van der Waals surface area contributed by atoms with Crippen LogP contribution >= 0.6 is 38.9 Å². The fourth-order valence-corrected chi connectivity index (χ4v) is 3.27. The van der Waals surface area contributed by atoms with Gasteiger partial charge in [0.25, 0.3) is 0 Å². The van der Waals surface area contributed by atoms with E-state index in [9.17, 15) is 0 Å². The highest BCUT2D eigenvalue weighted by Gasteiger charge is 2.05. The smallest absolute Gasteiger partial charge is 0.113 e. The molecule has 19 heavy (non-hydrogen) atoms. The lowest BCUT2D eigenvalue weighted by atomic mass is 10.3. The lowest BCUT2D eigenvalue weighted by molar-refractivity contribution is 1.12. The number of nitrogens with one attached hydrogen (secondary N) is 1. The van der Waals surface area contributed by atoms with Gasteiger partial charge in [-0.05, 0) is 46.3 Å².